The summed E-state index contributed by atoms with van der Waals surface area (Å²) in [6.45, 7) is 5.47. The van der Waals surface area contributed by atoms with Crippen molar-refractivity contribution in [1.29, 1.82) is 0 Å². The Morgan fingerprint density at radius 1 is 1.15 bits per heavy atom. The number of hydrogen-bond acceptors (Lipinski definition) is 0. The van der Waals surface area contributed by atoms with Crippen LogP contribution in [0, 0.1) is 5.92 Å². The summed E-state index contributed by atoms with van der Waals surface area (Å²) in [5.41, 5.74) is 1.10. The molecular formula is C12H18N. The maximum absolute atomic E-state index is 4.48. The van der Waals surface area contributed by atoms with E-state index >= 15 is 0 Å². The van der Waals surface area contributed by atoms with Gasteiger partial charge in [-0.15, -0.1) is 0 Å². The zero-order valence-corrected chi connectivity index (χ0v) is 8.53. The zero-order chi connectivity index (χ0) is 9.52. The van der Waals surface area contributed by atoms with Crippen molar-refractivity contribution in [2.45, 2.75) is 26.7 Å². The number of benzene rings is 1. The van der Waals surface area contributed by atoms with Gasteiger partial charge in [-0.25, -0.2) is 0 Å². The van der Waals surface area contributed by atoms with Crippen LogP contribution in [0.2, 0.25) is 0 Å². The topological polar surface area (TPSA) is 14.1 Å². The third-order valence-corrected chi connectivity index (χ3v) is 1.99. The number of nitrogens with zero attached hydrogens (tertiary/aromatic N) is 1. The van der Waals surface area contributed by atoms with E-state index in [4.69, 9.17) is 0 Å². The highest BCUT2D eigenvalue weighted by atomic mass is 14.9. The van der Waals surface area contributed by atoms with E-state index < -0.39 is 0 Å². The number of para-hydroxylation sites is 1. The smallest absolute Gasteiger partial charge is 0.0574 e. The summed E-state index contributed by atoms with van der Waals surface area (Å²) in [5, 5.41) is 4.48. The quantitative estimate of drug-likeness (QED) is 0.611. The molecule has 0 N–H and O–H groups in total. The van der Waals surface area contributed by atoms with Gasteiger partial charge in [0.05, 0.1) is 5.69 Å². The van der Waals surface area contributed by atoms with E-state index in [1.165, 1.54) is 12.8 Å². The van der Waals surface area contributed by atoms with Crippen LogP contribution in [0.3, 0.4) is 0 Å². The lowest BCUT2D eigenvalue weighted by Gasteiger charge is -2.04. The van der Waals surface area contributed by atoms with Gasteiger partial charge < -0.3 is 0 Å². The van der Waals surface area contributed by atoms with Crippen LogP contribution in [0.5, 0.6) is 0 Å². The number of hydrogen-bond donors (Lipinski definition) is 0. The maximum Gasteiger partial charge on any atom is 0.0574 e. The van der Waals surface area contributed by atoms with E-state index in [-0.39, 0.29) is 0 Å². The minimum absolute atomic E-state index is 0.797. The van der Waals surface area contributed by atoms with E-state index in [1.807, 2.05) is 18.2 Å². The zero-order valence-electron chi connectivity index (χ0n) is 8.53. The van der Waals surface area contributed by atoms with Crippen molar-refractivity contribution >= 4 is 5.69 Å². The van der Waals surface area contributed by atoms with E-state index in [0.717, 1.165) is 18.2 Å². The van der Waals surface area contributed by atoms with E-state index in [9.17, 15) is 0 Å². The minimum atomic E-state index is 0.797. The van der Waals surface area contributed by atoms with Crippen molar-refractivity contribution in [3.8, 4) is 0 Å². The summed E-state index contributed by atoms with van der Waals surface area (Å²) in [6.07, 6.45) is 2.48. The lowest BCUT2D eigenvalue weighted by Crippen LogP contribution is -2.01. The van der Waals surface area contributed by atoms with Gasteiger partial charge in [0.2, 0.25) is 0 Å². The average Bonchev–Trinajstić information content (AvgIpc) is 2.14. The van der Waals surface area contributed by atoms with Crippen LogP contribution in [-0.2, 0) is 0 Å². The minimum Gasteiger partial charge on any atom is -0.285 e. The van der Waals surface area contributed by atoms with Crippen LogP contribution >= 0.6 is 0 Å². The van der Waals surface area contributed by atoms with Gasteiger partial charge in [0.1, 0.15) is 0 Å². The molecule has 0 aromatic heterocycles. The Hall–Kier alpha value is -0.980. The summed E-state index contributed by atoms with van der Waals surface area (Å²) in [5.74, 6) is 0.797. The van der Waals surface area contributed by atoms with Gasteiger partial charge in [-0.1, -0.05) is 32.0 Å². The first-order valence-corrected chi connectivity index (χ1v) is 5.01. The fraction of sp³-hybridized carbons (Fsp3) is 0.500. The lowest BCUT2D eigenvalue weighted by molar-refractivity contribution is 0.547. The number of rotatable bonds is 5. The predicted octanol–water partition coefficient (Wildman–Crippen LogP) is 3.36. The van der Waals surface area contributed by atoms with Crippen molar-refractivity contribution < 1.29 is 0 Å². The van der Waals surface area contributed by atoms with Crippen molar-refractivity contribution in [3.63, 3.8) is 0 Å². The molecule has 1 heteroatoms. The second-order valence-corrected chi connectivity index (χ2v) is 3.75. The van der Waals surface area contributed by atoms with Gasteiger partial charge in [0.25, 0.3) is 0 Å². The molecule has 0 bridgehead atoms. The first-order chi connectivity index (χ1) is 6.29. The van der Waals surface area contributed by atoms with Gasteiger partial charge in [-0.3, -0.25) is 5.32 Å². The molecule has 1 nitrogen and oxygen atoms in total. The fourth-order valence-electron chi connectivity index (χ4n) is 1.24. The standard InChI is InChI=1S/C12H18N/c1-11(2)7-6-10-13-12-8-4-3-5-9-12/h3-5,8-9,11H,6-7,10H2,1-2H3. The summed E-state index contributed by atoms with van der Waals surface area (Å²) in [7, 11) is 0. The van der Waals surface area contributed by atoms with E-state index in [2.05, 4.69) is 31.3 Å². The maximum atomic E-state index is 4.48. The Morgan fingerprint density at radius 3 is 2.46 bits per heavy atom. The SMILES string of the molecule is CC(C)CCC[N]c1ccccc1. The van der Waals surface area contributed by atoms with Crippen molar-refractivity contribution in [1.82, 2.24) is 5.32 Å². The second-order valence-electron chi connectivity index (χ2n) is 3.75. The molecule has 71 valence electrons. The molecule has 0 aliphatic rings. The third kappa shape index (κ3) is 4.56. The summed E-state index contributed by atoms with van der Waals surface area (Å²) in [4.78, 5) is 0. The molecule has 13 heavy (non-hydrogen) atoms. The predicted molar refractivity (Wildman–Crippen MR) is 57.2 cm³/mol. The first kappa shape index (κ1) is 10.1. The van der Waals surface area contributed by atoms with Crippen LogP contribution in [-0.4, -0.2) is 6.54 Å². The Labute approximate surface area is 81.2 Å². The molecule has 0 heterocycles. The van der Waals surface area contributed by atoms with E-state index in [1.54, 1.807) is 0 Å². The molecule has 1 aromatic rings. The van der Waals surface area contributed by atoms with Gasteiger partial charge in [0, 0.05) is 6.54 Å². The van der Waals surface area contributed by atoms with Crippen molar-refractivity contribution in [2.24, 2.45) is 5.92 Å². The Balaban J connectivity index is 2.13. The Kier molecular flexibility index (Phi) is 4.37. The molecule has 0 atom stereocenters. The van der Waals surface area contributed by atoms with Crippen LogP contribution in [0.15, 0.2) is 30.3 Å². The molecule has 1 radical (unpaired) electrons. The third-order valence-electron chi connectivity index (χ3n) is 1.99. The monoisotopic (exact) mass is 176 g/mol. The van der Waals surface area contributed by atoms with Crippen LogP contribution in [0.25, 0.3) is 0 Å². The highest BCUT2D eigenvalue weighted by Gasteiger charge is 1.95. The van der Waals surface area contributed by atoms with Gasteiger partial charge in [-0.05, 0) is 30.9 Å². The fourth-order valence-corrected chi connectivity index (χ4v) is 1.24. The Morgan fingerprint density at radius 2 is 1.85 bits per heavy atom. The first-order valence-electron chi connectivity index (χ1n) is 5.01. The summed E-state index contributed by atoms with van der Waals surface area (Å²) < 4.78 is 0. The normalized spacial score (nSPS) is 10.4. The van der Waals surface area contributed by atoms with Gasteiger partial charge in [0.15, 0.2) is 0 Å². The molecule has 0 amide bonds. The highest BCUT2D eigenvalue weighted by molar-refractivity contribution is 5.34. The second kappa shape index (κ2) is 5.63. The molecule has 0 saturated heterocycles. The van der Waals surface area contributed by atoms with Crippen molar-refractivity contribution in [3.05, 3.63) is 30.3 Å². The highest BCUT2D eigenvalue weighted by Crippen LogP contribution is 2.07. The van der Waals surface area contributed by atoms with Crippen molar-refractivity contribution in [2.75, 3.05) is 6.54 Å². The molecule has 0 unspecified atom stereocenters. The summed E-state index contributed by atoms with van der Waals surface area (Å²) in [6, 6.07) is 10.2. The molecule has 0 saturated carbocycles. The summed E-state index contributed by atoms with van der Waals surface area (Å²) >= 11 is 0. The molecule has 1 rings (SSSR count). The largest absolute Gasteiger partial charge is 0.285 e. The molecule has 0 aliphatic carbocycles. The molecule has 0 fully saturated rings. The average molecular weight is 176 g/mol. The molecule has 0 aliphatic heterocycles. The van der Waals surface area contributed by atoms with Crippen LogP contribution in [0.4, 0.5) is 5.69 Å². The van der Waals surface area contributed by atoms with Gasteiger partial charge >= 0.3 is 0 Å². The molecule has 0 spiro atoms. The lowest BCUT2D eigenvalue weighted by atomic mass is 10.1. The van der Waals surface area contributed by atoms with Crippen LogP contribution < -0.4 is 5.32 Å². The van der Waals surface area contributed by atoms with Gasteiger partial charge in [-0.2, -0.15) is 0 Å². The molecular weight excluding hydrogens is 158 g/mol. The van der Waals surface area contributed by atoms with Crippen LogP contribution in [0.1, 0.15) is 26.7 Å². The molecule has 1 aromatic carbocycles. The van der Waals surface area contributed by atoms with E-state index in [0.29, 0.717) is 0 Å². The Bertz CT molecular complexity index is 216.